The van der Waals surface area contributed by atoms with Crippen molar-refractivity contribution in [2.75, 3.05) is 0 Å². The second kappa shape index (κ2) is 4.24. The minimum atomic E-state index is -3.07. The van der Waals surface area contributed by atoms with Crippen LogP contribution in [0.5, 0.6) is 0 Å². The van der Waals surface area contributed by atoms with Gasteiger partial charge in [-0.2, -0.15) is 0 Å². The summed E-state index contributed by atoms with van der Waals surface area (Å²) in [4.78, 5) is 18.1. The Hall–Kier alpha value is 0.920. The summed E-state index contributed by atoms with van der Waals surface area (Å²) in [6.07, 6.45) is 1.82. The monoisotopic (exact) mass is 214 g/mol. The molecule has 11 heavy (non-hydrogen) atoms. The van der Waals surface area contributed by atoms with Crippen LogP contribution < -0.4 is 0 Å². The standard InChI is InChI=1S/C6H15O2PS2/c1-4-6(3,5-2)11-9(7,8)10/h4-5H2,1-3H3,(H2,7,8,10). The van der Waals surface area contributed by atoms with Gasteiger partial charge in [-0.3, -0.25) is 0 Å². The van der Waals surface area contributed by atoms with Crippen LogP contribution in [0.25, 0.3) is 0 Å². The summed E-state index contributed by atoms with van der Waals surface area (Å²) < 4.78 is -0.0704. The molecular formula is C6H15O2PS2. The van der Waals surface area contributed by atoms with E-state index in [4.69, 9.17) is 9.79 Å². The van der Waals surface area contributed by atoms with E-state index in [2.05, 4.69) is 11.8 Å². The molecule has 0 unspecified atom stereocenters. The Bertz CT molecular complexity index is 162. The van der Waals surface area contributed by atoms with E-state index in [0.717, 1.165) is 24.2 Å². The molecule has 0 aliphatic heterocycles. The molecule has 0 saturated heterocycles. The normalized spacial score (nSPS) is 13.5. The molecule has 0 aromatic rings. The molecule has 0 spiro atoms. The van der Waals surface area contributed by atoms with Gasteiger partial charge in [0.2, 0.25) is 5.69 Å². The van der Waals surface area contributed by atoms with Gasteiger partial charge in [0.1, 0.15) is 0 Å². The molecule has 0 heterocycles. The molecule has 2 N–H and O–H groups in total. The lowest BCUT2D eigenvalue weighted by molar-refractivity contribution is 0.499. The largest absolute Gasteiger partial charge is 0.338 e. The van der Waals surface area contributed by atoms with Crippen molar-refractivity contribution in [1.29, 1.82) is 0 Å². The average molecular weight is 214 g/mol. The van der Waals surface area contributed by atoms with E-state index in [1.165, 1.54) is 0 Å². The Morgan fingerprint density at radius 3 is 1.82 bits per heavy atom. The number of hydrogen-bond acceptors (Lipinski definition) is 2. The van der Waals surface area contributed by atoms with Crippen LogP contribution in [0.4, 0.5) is 0 Å². The molecule has 0 atom stereocenters. The van der Waals surface area contributed by atoms with Gasteiger partial charge in [-0.15, -0.1) is 0 Å². The predicted molar refractivity (Wildman–Crippen MR) is 55.3 cm³/mol. The molecule has 0 saturated carbocycles. The second-order valence-corrected chi connectivity index (χ2v) is 9.18. The lowest BCUT2D eigenvalue weighted by Crippen LogP contribution is -2.16. The molecule has 68 valence electrons. The average Bonchev–Trinajstić information content (AvgIpc) is 1.84. The van der Waals surface area contributed by atoms with E-state index in [9.17, 15) is 0 Å². The van der Waals surface area contributed by atoms with Gasteiger partial charge in [-0.1, -0.05) is 25.2 Å². The smallest absolute Gasteiger partial charge is 0.242 e. The molecule has 0 aliphatic carbocycles. The van der Waals surface area contributed by atoms with Crippen molar-refractivity contribution in [2.45, 2.75) is 38.4 Å². The predicted octanol–water partition coefficient (Wildman–Crippen LogP) is 2.51. The molecule has 0 fully saturated rings. The van der Waals surface area contributed by atoms with Crippen LogP contribution in [-0.4, -0.2) is 14.5 Å². The van der Waals surface area contributed by atoms with E-state index >= 15 is 0 Å². The SMILES string of the molecule is CCC(C)(CC)SP(O)(O)=S. The van der Waals surface area contributed by atoms with E-state index < -0.39 is 5.69 Å². The molecule has 2 nitrogen and oxygen atoms in total. The fraction of sp³-hybridized carbons (Fsp3) is 1.00. The van der Waals surface area contributed by atoms with Crippen molar-refractivity contribution in [3.63, 3.8) is 0 Å². The lowest BCUT2D eigenvalue weighted by atomic mass is 10.1. The summed E-state index contributed by atoms with van der Waals surface area (Å²) in [5, 5.41) is 0. The van der Waals surface area contributed by atoms with Gasteiger partial charge < -0.3 is 9.79 Å². The van der Waals surface area contributed by atoms with Crippen molar-refractivity contribution < 1.29 is 9.79 Å². The molecule has 0 aliphatic rings. The fourth-order valence-corrected chi connectivity index (χ4v) is 5.62. The minimum absolute atomic E-state index is 0.0704. The Balaban J connectivity index is 4.20. The van der Waals surface area contributed by atoms with Crippen molar-refractivity contribution in [3.8, 4) is 0 Å². The van der Waals surface area contributed by atoms with Gasteiger partial charge in [0.25, 0.3) is 0 Å². The van der Waals surface area contributed by atoms with Gasteiger partial charge in [0.15, 0.2) is 0 Å². The zero-order chi connectivity index (χ0) is 9.12. The summed E-state index contributed by atoms with van der Waals surface area (Å²) in [7, 11) is 0. The molecule has 0 aromatic carbocycles. The second-order valence-electron chi connectivity index (χ2n) is 2.74. The zero-order valence-corrected chi connectivity index (χ0v) is 9.60. The van der Waals surface area contributed by atoms with Crippen molar-refractivity contribution in [2.24, 2.45) is 0 Å². The van der Waals surface area contributed by atoms with Crippen molar-refractivity contribution in [1.82, 2.24) is 0 Å². The third-order valence-electron chi connectivity index (χ3n) is 1.84. The van der Waals surface area contributed by atoms with Gasteiger partial charge in [-0.25, -0.2) is 0 Å². The maximum absolute atomic E-state index is 9.06. The quantitative estimate of drug-likeness (QED) is 0.705. The highest BCUT2D eigenvalue weighted by Gasteiger charge is 2.27. The van der Waals surface area contributed by atoms with Crippen molar-refractivity contribution >= 4 is 28.9 Å². The third-order valence-corrected chi connectivity index (χ3v) is 5.80. The molecule has 0 radical (unpaired) electrons. The highest BCUT2D eigenvalue weighted by atomic mass is 32.9. The van der Waals surface area contributed by atoms with Crippen LogP contribution in [0.2, 0.25) is 0 Å². The van der Waals surface area contributed by atoms with Crippen molar-refractivity contribution in [3.05, 3.63) is 0 Å². The Morgan fingerprint density at radius 1 is 1.36 bits per heavy atom. The van der Waals surface area contributed by atoms with Gasteiger partial charge >= 0.3 is 0 Å². The molecule has 0 amide bonds. The van der Waals surface area contributed by atoms with Gasteiger partial charge in [0.05, 0.1) is 0 Å². The van der Waals surface area contributed by atoms with Crippen LogP contribution in [0.15, 0.2) is 0 Å². The highest BCUT2D eigenvalue weighted by molar-refractivity contribution is 8.67. The fourth-order valence-electron chi connectivity index (χ4n) is 0.666. The first-order valence-electron chi connectivity index (χ1n) is 3.59. The maximum atomic E-state index is 9.06. The lowest BCUT2D eigenvalue weighted by Gasteiger charge is -2.27. The van der Waals surface area contributed by atoms with E-state index in [1.54, 1.807) is 0 Å². The Kier molecular flexibility index (Phi) is 4.59. The topological polar surface area (TPSA) is 40.5 Å². The van der Waals surface area contributed by atoms with E-state index in [-0.39, 0.29) is 4.75 Å². The molecular weight excluding hydrogens is 199 g/mol. The first-order chi connectivity index (χ1) is 4.83. The van der Waals surface area contributed by atoms with Gasteiger partial charge in [-0.05, 0) is 31.6 Å². The van der Waals surface area contributed by atoms with E-state index in [0.29, 0.717) is 0 Å². The van der Waals surface area contributed by atoms with Crippen LogP contribution in [-0.2, 0) is 11.8 Å². The summed E-state index contributed by atoms with van der Waals surface area (Å²) in [5.41, 5.74) is -3.07. The minimum Gasteiger partial charge on any atom is -0.338 e. The van der Waals surface area contributed by atoms with E-state index in [1.807, 2.05) is 20.8 Å². The van der Waals surface area contributed by atoms with Crippen LogP contribution in [0.1, 0.15) is 33.6 Å². The highest BCUT2D eigenvalue weighted by Crippen LogP contribution is 2.58. The third kappa shape index (κ3) is 5.21. The molecule has 0 aromatic heterocycles. The van der Waals surface area contributed by atoms with Crippen LogP contribution in [0.3, 0.4) is 0 Å². The van der Waals surface area contributed by atoms with Crippen LogP contribution >= 0.6 is 17.1 Å². The number of rotatable bonds is 4. The first-order valence-corrected chi connectivity index (χ1v) is 7.72. The summed E-state index contributed by atoms with van der Waals surface area (Å²) in [6.45, 7) is 6.06. The maximum Gasteiger partial charge on any atom is 0.242 e. The van der Waals surface area contributed by atoms with Gasteiger partial charge in [0, 0.05) is 4.75 Å². The van der Waals surface area contributed by atoms with Crippen LogP contribution in [0, 0.1) is 0 Å². The summed E-state index contributed by atoms with van der Waals surface area (Å²) in [6, 6.07) is 0. The first kappa shape index (κ1) is 11.9. The molecule has 0 rings (SSSR count). The Morgan fingerprint density at radius 2 is 1.73 bits per heavy atom. The Labute approximate surface area is 77.3 Å². The number of hydrogen-bond donors (Lipinski definition) is 2. The summed E-state index contributed by atoms with van der Waals surface area (Å²) in [5.74, 6) is 0. The zero-order valence-electron chi connectivity index (χ0n) is 7.07. The summed E-state index contributed by atoms with van der Waals surface area (Å²) >= 11 is 5.69. The molecule has 5 heteroatoms. The molecule has 0 bridgehead atoms.